The van der Waals surface area contributed by atoms with Crippen LogP contribution >= 0.6 is 0 Å². The summed E-state index contributed by atoms with van der Waals surface area (Å²) < 4.78 is 2.03. The quantitative estimate of drug-likeness (QED) is 0.818. The first kappa shape index (κ1) is 13.8. The van der Waals surface area contributed by atoms with Crippen molar-refractivity contribution >= 4 is 22.9 Å². The molecule has 0 spiro atoms. The predicted molar refractivity (Wildman–Crippen MR) is 82.0 cm³/mol. The molecule has 7 nitrogen and oxygen atoms in total. The van der Waals surface area contributed by atoms with Gasteiger partial charge in [-0.2, -0.15) is 9.97 Å². The summed E-state index contributed by atoms with van der Waals surface area (Å²) >= 11 is 0. The summed E-state index contributed by atoms with van der Waals surface area (Å²) in [7, 11) is 3.82. The van der Waals surface area contributed by atoms with E-state index in [0.29, 0.717) is 0 Å². The average Bonchev–Trinajstić information content (AvgIpc) is 2.90. The fourth-order valence-electron chi connectivity index (χ4n) is 2.72. The van der Waals surface area contributed by atoms with Gasteiger partial charge in [-0.15, -0.1) is 0 Å². The lowest BCUT2D eigenvalue weighted by Gasteiger charge is -2.23. The number of nitrogens with zero attached hydrogens (tertiary/aromatic N) is 5. The Labute approximate surface area is 123 Å². The van der Waals surface area contributed by atoms with E-state index >= 15 is 0 Å². The van der Waals surface area contributed by atoms with Gasteiger partial charge in [-0.25, -0.2) is 4.98 Å². The van der Waals surface area contributed by atoms with Crippen molar-refractivity contribution in [3.63, 3.8) is 0 Å². The van der Waals surface area contributed by atoms with Gasteiger partial charge in [0, 0.05) is 26.6 Å². The van der Waals surface area contributed by atoms with Crippen molar-refractivity contribution in [3.05, 3.63) is 18.5 Å². The van der Waals surface area contributed by atoms with E-state index < -0.39 is 0 Å². The number of aromatic nitrogens is 4. The van der Waals surface area contributed by atoms with Gasteiger partial charge in [-0.3, -0.25) is 0 Å². The van der Waals surface area contributed by atoms with E-state index in [1.54, 1.807) is 6.33 Å². The molecule has 0 unspecified atom stereocenters. The summed E-state index contributed by atoms with van der Waals surface area (Å²) in [5.41, 5.74) is 7.33. The first-order valence-corrected chi connectivity index (χ1v) is 7.06. The van der Waals surface area contributed by atoms with Crippen LogP contribution in [0.3, 0.4) is 0 Å². The number of aliphatic hydroxyl groups is 1. The van der Waals surface area contributed by atoms with Gasteiger partial charge in [-0.1, -0.05) is 12.2 Å². The van der Waals surface area contributed by atoms with Gasteiger partial charge in [0.25, 0.3) is 0 Å². The Morgan fingerprint density at radius 1 is 1.33 bits per heavy atom. The van der Waals surface area contributed by atoms with Gasteiger partial charge >= 0.3 is 0 Å². The fourth-order valence-corrected chi connectivity index (χ4v) is 2.72. The molecule has 2 atom stereocenters. The monoisotopic (exact) mass is 288 g/mol. The highest BCUT2D eigenvalue weighted by Gasteiger charge is 2.21. The first-order chi connectivity index (χ1) is 10.1. The summed E-state index contributed by atoms with van der Waals surface area (Å²) in [6, 6.07) is 0.196. The van der Waals surface area contributed by atoms with Gasteiger partial charge < -0.3 is 20.3 Å². The number of allylic oxidation sites excluding steroid dienone is 1. The van der Waals surface area contributed by atoms with Crippen LogP contribution in [0.5, 0.6) is 0 Å². The minimum Gasteiger partial charge on any atom is -0.396 e. The van der Waals surface area contributed by atoms with Crippen LogP contribution in [0.25, 0.3) is 11.2 Å². The van der Waals surface area contributed by atoms with Crippen molar-refractivity contribution < 1.29 is 5.11 Å². The number of hydrogen-bond acceptors (Lipinski definition) is 6. The highest BCUT2D eigenvalue weighted by molar-refractivity contribution is 5.84. The molecule has 0 fully saturated rings. The summed E-state index contributed by atoms with van der Waals surface area (Å²) in [6.45, 7) is 0.202. The van der Waals surface area contributed by atoms with Crippen LogP contribution in [0, 0.1) is 5.92 Å². The van der Waals surface area contributed by atoms with Crippen LogP contribution in [-0.4, -0.2) is 45.3 Å². The van der Waals surface area contributed by atoms with Gasteiger partial charge in [0.1, 0.15) is 0 Å². The zero-order chi connectivity index (χ0) is 15.0. The zero-order valence-electron chi connectivity index (χ0n) is 12.3. The normalized spacial score (nSPS) is 21.9. The molecule has 1 aliphatic rings. The second-order valence-electron chi connectivity index (χ2n) is 5.60. The minimum atomic E-state index is 0.196. The van der Waals surface area contributed by atoms with Crippen molar-refractivity contribution in [1.29, 1.82) is 0 Å². The largest absolute Gasteiger partial charge is 0.396 e. The molecule has 112 valence electrons. The van der Waals surface area contributed by atoms with Gasteiger partial charge in [0.05, 0.1) is 12.4 Å². The van der Waals surface area contributed by atoms with Gasteiger partial charge in [0.2, 0.25) is 5.95 Å². The Morgan fingerprint density at radius 2 is 2.14 bits per heavy atom. The molecule has 0 radical (unpaired) electrons. The topological polar surface area (TPSA) is 93.1 Å². The van der Waals surface area contributed by atoms with Crippen LogP contribution < -0.4 is 10.6 Å². The lowest BCUT2D eigenvalue weighted by Crippen LogP contribution is -2.16. The standard InChI is InChI=1S/C14H20N6O/c1-19(2)12-11-13(18-14(15)17-12)20(8-16-11)10-5-3-9(7-21)4-6-10/h3,5,8-10,21H,4,6-7H2,1-2H3,(H2,15,17,18)/t9-,10+/m1/s1. The number of hydrogen-bond donors (Lipinski definition) is 2. The Bertz CT molecular complexity index is 677. The van der Waals surface area contributed by atoms with Crippen LogP contribution in [0.4, 0.5) is 11.8 Å². The molecule has 21 heavy (non-hydrogen) atoms. The third-order valence-corrected chi connectivity index (χ3v) is 3.87. The maximum atomic E-state index is 9.20. The molecule has 0 bridgehead atoms. The van der Waals surface area contributed by atoms with E-state index in [4.69, 9.17) is 5.73 Å². The smallest absolute Gasteiger partial charge is 0.224 e. The molecule has 3 N–H and O–H groups in total. The SMILES string of the molecule is CN(C)c1nc(N)nc2c1ncn2[C@H]1C=C[C@@H](CO)CC1. The van der Waals surface area contributed by atoms with Crippen LogP contribution in [0.15, 0.2) is 18.5 Å². The molecule has 0 amide bonds. The third kappa shape index (κ3) is 2.44. The predicted octanol–water partition coefficient (Wildman–Crippen LogP) is 0.974. The summed E-state index contributed by atoms with van der Waals surface area (Å²) in [5, 5.41) is 9.20. The molecule has 7 heteroatoms. The molecule has 2 aromatic rings. The fraction of sp³-hybridized carbons (Fsp3) is 0.500. The Hall–Kier alpha value is -2.15. The van der Waals surface area contributed by atoms with Crippen LogP contribution in [0.1, 0.15) is 18.9 Å². The summed E-state index contributed by atoms with van der Waals surface area (Å²) in [5.74, 6) is 1.23. The lowest BCUT2D eigenvalue weighted by molar-refractivity contribution is 0.235. The molecular formula is C14H20N6O. The van der Waals surface area contributed by atoms with E-state index in [9.17, 15) is 5.11 Å². The molecule has 0 saturated carbocycles. The second-order valence-corrected chi connectivity index (χ2v) is 5.60. The molecule has 1 aliphatic carbocycles. The number of aliphatic hydroxyl groups excluding tert-OH is 1. The van der Waals surface area contributed by atoms with E-state index in [-0.39, 0.29) is 24.5 Å². The van der Waals surface area contributed by atoms with Crippen LogP contribution in [-0.2, 0) is 0 Å². The van der Waals surface area contributed by atoms with E-state index in [1.165, 1.54) is 0 Å². The molecule has 0 aliphatic heterocycles. The number of nitrogens with two attached hydrogens (primary N) is 1. The molecular weight excluding hydrogens is 268 g/mol. The van der Waals surface area contributed by atoms with E-state index in [0.717, 1.165) is 29.8 Å². The van der Waals surface area contributed by atoms with Crippen molar-refractivity contribution in [1.82, 2.24) is 19.5 Å². The number of imidazole rings is 1. The second kappa shape index (κ2) is 5.33. The number of nitrogen functional groups attached to an aromatic ring is 1. The molecule has 2 aromatic heterocycles. The number of rotatable bonds is 3. The molecule has 2 heterocycles. The Balaban J connectivity index is 2.05. The lowest BCUT2D eigenvalue weighted by atomic mass is 9.93. The van der Waals surface area contributed by atoms with Gasteiger partial charge in [-0.05, 0) is 12.8 Å². The Kier molecular flexibility index (Phi) is 3.50. The van der Waals surface area contributed by atoms with Gasteiger partial charge in [0.15, 0.2) is 17.0 Å². The highest BCUT2D eigenvalue weighted by Crippen LogP contribution is 2.30. The van der Waals surface area contributed by atoms with Crippen LogP contribution in [0.2, 0.25) is 0 Å². The Morgan fingerprint density at radius 3 is 2.76 bits per heavy atom. The molecule has 3 rings (SSSR count). The summed E-state index contributed by atoms with van der Waals surface area (Å²) in [4.78, 5) is 14.9. The van der Waals surface area contributed by atoms with Crippen molar-refractivity contribution in [2.45, 2.75) is 18.9 Å². The molecule has 0 aromatic carbocycles. The highest BCUT2D eigenvalue weighted by atomic mass is 16.3. The third-order valence-electron chi connectivity index (χ3n) is 3.87. The first-order valence-electron chi connectivity index (χ1n) is 7.06. The van der Waals surface area contributed by atoms with E-state index in [1.807, 2.05) is 23.6 Å². The van der Waals surface area contributed by atoms with Crippen molar-refractivity contribution in [3.8, 4) is 0 Å². The number of anilines is 2. The number of fused-ring (bicyclic) bond motifs is 1. The molecule has 0 saturated heterocycles. The maximum absolute atomic E-state index is 9.20. The minimum absolute atomic E-state index is 0.196. The van der Waals surface area contributed by atoms with E-state index in [2.05, 4.69) is 27.1 Å². The zero-order valence-corrected chi connectivity index (χ0v) is 12.3. The van der Waals surface area contributed by atoms with Crippen molar-refractivity contribution in [2.75, 3.05) is 31.3 Å². The average molecular weight is 288 g/mol. The maximum Gasteiger partial charge on any atom is 0.224 e. The van der Waals surface area contributed by atoms with Crippen molar-refractivity contribution in [2.24, 2.45) is 5.92 Å². The summed E-state index contributed by atoms with van der Waals surface area (Å²) in [6.07, 6.45) is 7.88.